The van der Waals surface area contributed by atoms with Gasteiger partial charge in [0.05, 0.1) is 22.5 Å². The molecule has 2 rings (SSSR count). The van der Waals surface area contributed by atoms with Crippen molar-refractivity contribution < 1.29 is 4.79 Å². The molecular weight excluding hydrogens is 250 g/mol. The van der Waals surface area contributed by atoms with Crippen LogP contribution in [-0.2, 0) is 0 Å². The molecule has 0 atom stereocenters. The first-order valence-electron chi connectivity index (χ1n) is 5.35. The van der Waals surface area contributed by atoms with Gasteiger partial charge in [-0.15, -0.1) is 0 Å². The van der Waals surface area contributed by atoms with Gasteiger partial charge in [0.2, 0.25) is 0 Å². The second kappa shape index (κ2) is 5.06. The van der Waals surface area contributed by atoms with E-state index < -0.39 is 0 Å². The largest absolute Gasteiger partial charge is 0.399 e. The van der Waals surface area contributed by atoms with Crippen molar-refractivity contribution in [1.29, 1.82) is 0 Å². The quantitative estimate of drug-likeness (QED) is 0.817. The predicted molar refractivity (Wildman–Crippen MR) is 72.8 cm³/mol. The van der Waals surface area contributed by atoms with Gasteiger partial charge in [-0.05, 0) is 36.8 Å². The van der Waals surface area contributed by atoms with Crippen molar-refractivity contribution in [3.8, 4) is 0 Å². The Labute approximate surface area is 110 Å². The Morgan fingerprint density at radius 3 is 2.89 bits per heavy atom. The van der Waals surface area contributed by atoms with Gasteiger partial charge in [0.25, 0.3) is 5.91 Å². The van der Waals surface area contributed by atoms with Crippen molar-refractivity contribution in [3.05, 3.63) is 52.8 Å². The summed E-state index contributed by atoms with van der Waals surface area (Å²) in [6.07, 6.45) is 3.26. The second-order valence-electron chi connectivity index (χ2n) is 3.88. The van der Waals surface area contributed by atoms with Crippen molar-refractivity contribution in [2.75, 3.05) is 11.1 Å². The molecule has 0 bridgehead atoms. The number of nitrogens with one attached hydrogen (secondary N) is 1. The number of nitrogen functional groups attached to an aromatic ring is 1. The van der Waals surface area contributed by atoms with E-state index in [1.165, 1.54) is 0 Å². The van der Waals surface area contributed by atoms with Crippen molar-refractivity contribution in [3.63, 3.8) is 0 Å². The zero-order chi connectivity index (χ0) is 13.1. The molecule has 1 aromatic heterocycles. The summed E-state index contributed by atoms with van der Waals surface area (Å²) in [4.78, 5) is 16.0. The number of aromatic nitrogens is 1. The first kappa shape index (κ1) is 12.4. The van der Waals surface area contributed by atoms with Crippen LogP contribution in [0.1, 0.15) is 15.9 Å². The Morgan fingerprint density at radius 2 is 2.17 bits per heavy atom. The summed E-state index contributed by atoms with van der Waals surface area (Å²) in [5.74, 6) is -0.302. The summed E-state index contributed by atoms with van der Waals surface area (Å²) in [7, 11) is 0. The number of hydrogen-bond donors (Lipinski definition) is 2. The third-order valence-corrected chi connectivity index (χ3v) is 2.85. The van der Waals surface area contributed by atoms with Crippen LogP contribution < -0.4 is 11.1 Å². The Hall–Kier alpha value is -2.07. The van der Waals surface area contributed by atoms with Gasteiger partial charge in [-0.1, -0.05) is 11.6 Å². The van der Waals surface area contributed by atoms with Gasteiger partial charge in [0.15, 0.2) is 0 Å². The van der Waals surface area contributed by atoms with Gasteiger partial charge in [0.1, 0.15) is 0 Å². The van der Waals surface area contributed by atoms with Crippen molar-refractivity contribution in [2.45, 2.75) is 6.92 Å². The number of carbonyl (C=O) groups excluding carboxylic acids is 1. The molecule has 5 heteroatoms. The molecule has 0 saturated carbocycles. The molecule has 0 aliphatic heterocycles. The summed E-state index contributed by atoms with van der Waals surface area (Å²) in [6, 6.07) is 6.61. The minimum absolute atomic E-state index is 0.302. The van der Waals surface area contributed by atoms with E-state index in [0.29, 0.717) is 22.0 Å². The summed E-state index contributed by atoms with van der Waals surface area (Å²) in [5.41, 5.74) is 8.06. The highest BCUT2D eigenvalue weighted by Gasteiger charge is 2.11. The number of benzene rings is 1. The number of amides is 1. The number of anilines is 2. The van der Waals surface area contributed by atoms with Crippen molar-refractivity contribution >= 4 is 28.9 Å². The lowest BCUT2D eigenvalue weighted by Gasteiger charge is -2.09. The number of aryl methyl sites for hydroxylation is 1. The number of rotatable bonds is 2. The lowest BCUT2D eigenvalue weighted by Crippen LogP contribution is -2.13. The molecule has 1 aromatic carbocycles. The van der Waals surface area contributed by atoms with Crippen LogP contribution in [0.4, 0.5) is 11.4 Å². The molecule has 0 spiro atoms. The fourth-order valence-electron chi connectivity index (χ4n) is 1.50. The summed E-state index contributed by atoms with van der Waals surface area (Å²) < 4.78 is 0. The standard InChI is InChI=1S/C13H12ClN3O/c1-8-4-5-16-7-12(8)17-13(18)10-6-9(15)2-3-11(10)14/h2-7H,15H2,1H3,(H,17,18). The maximum atomic E-state index is 12.1. The van der Waals surface area contributed by atoms with Crippen molar-refractivity contribution in [2.24, 2.45) is 0 Å². The number of halogens is 1. The third-order valence-electron chi connectivity index (χ3n) is 2.52. The van der Waals surface area contributed by atoms with Crippen LogP contribution in [0.2, 0.25) is 5.02 Å². The van der Waals surface area contributed by atoms with Gasteiger partial charge in [-0.25, -0.2) is 0 Å². The van der Waals surface area contributed by atoms with Gasteiger partial charge < -0.3 is 11.1 Å². The molecule has 2 aromatic rings. The SMILES string of the molecule is Cc1ccncc1NC(=O)c1cc(N)ccc1Cl. The number of nitrogens with two attached hydrogens (primary N) is 1. The minimum atomic E-state index is -0.302. The van der Waals surface area contributed by atoms with Crippen LogP contribution in [0.3, 0.4) is 0 Å². The summed E-state index contributed by atoms with van der Waals surface area (Å²) in [5, 5.41) is 3.12. The van der Waals surface area contributed by atoms with Gasteiger partial charge in [0, 0.05) is 11.9 Å². The Balaban J connectivity index is 2.28. The molecule has 0 aliphatic rings. The fourth-order valence-corrected chi connectivity index (χ4v) is 1.70. The van der Waals surface area contributed by atoms with Crippen LogP contribution >= 0.6 is 11.6 Å². The zero-order valence-electron chi connectivity index (χ0n) is 9.77. The summed E-state index contributed by atoms with van der Waals surface area (Å²) >= 11 is 5.97. The molecule has 0 fully saturated rings. The molecule has 18 heavy (non-hydrogen) atoms. The lowest BCUT2D eigenvalue weighted by molar-refractivity contribution is 0.102. The van der Waals surface area contributed by atoms with Crippen molar-refractivity contribution in [1.82, 2.24) is 4.98 Å². The maximum Gasteiger partial charge on any atom is 0.257 e. The Kier molecular flexibility index (Phi) is 3.48. The molecule has 3 N–H and O–H groups in total. The fraction of sp³-hybridized carbons (Fsp3) is 0.0769. The van der Waals surface area contributed by atoms with Gasteiger partial charge in [-0.3, -0.25) is 9.78 Å². The molecule has 1 heterocycles. The second-order valence-corrected chi connectivity index (χ2v) is 4.29. The molecular formula is C13H12ClN3O. The normalized spacial score (nSPS) is 10.1. The average molecular weight is 262 g/mol. The molecule has 0 unspecified atom stereocenters. The van der Waals surface area contributed by atoms with Gasteiger partial charge in [-0.2, -0.15) is 0 Å². The molecule has 0 aliphatic carbocycles. The monoisotopic (exact) mass is 261 g/mol. The third kappa shape index (κ3) is 2.60. The first-order valence-corrected chi connectivity index (χ1v) is 5.72. The highest BCUT2D eigenvalue weighted by Crippen LogP contribution is 2.21. The van der Waals surface area contributed by atoms with E-state index in [-0.39, 0.29) is 5.91 Å². The van der Waals surface area contributed by atoms with E-state index in [1.54, 1.807) is 30.6 Å². The lowest BCUT2D eigenvalue weighted by atomic mass is 10.1. The highest BCUT2D eigenvalue weighted by molar-refractivity contribution is 6.34. The molecule has 92 valence electrons. The van der Waals surface area contributed by atoms with E-state index in [9.17, 15) is 4.79 Å². The molecule has 0 saturated heterocycles. The van der Waals surface area contributed by atoms with E-state index >= 15 is 0 Å². The highest BCUT2D eigenvalue weighted by atomic mass is 35.5. The van der Waals surface area contributed by atoms with E-state index in [4.69, 9.17) is 17.3 Å². The Bertz CT molecular complexity index is 599. The summed E-state index contributed by atoms with van der Waals surface area (Å²) in [6.45, 7) is 1.89. The predicted octanol–water partition coefficient (Wildman–Crippen LogP) is 2.88. The number of carbonyl (C=O) groups is 1. The topological polar surface area (TPSA) is 68.0 Å². The zero-order valence-corrected chi connectivity index (χ0v) is 10.5. The maximum absolute atomic E-state index is 12.1. The van der Waals surface area contributed by atoms with Crippen LogP contribution in [0, 0.1) is 6.92 Å². The van der Waals surface area contributed by atoms with E-state index in [2.05, 4.69) is 10.3 Å². The number of pyridine rings is 1. The smallest absolute Gasteiger partial charge is 0.257 e. The number of nitrogens with zero attached hydrogens (tertiary/aromatic N) is 1. The van der Waals surface area contributed by atoms with E-state index in [0.717, 1.165) is 5.56 Å². The van der Waals surface area contributed by atoms with Crippen LogP contribution in [-0.4, -0.2) is 10.9 Å². The Morgan fingerprint density at radius 1 is 1.39 bits per heavy atom. The van der Waals surface area contributed by atoms with Gasteiger partial charge >= 0.3 is 0 Å². The van der Waals surface area contributed by atoms with E-state index in [1.807, 2.05) is 13.0 Å². The molecule has 1 amide bonds. The number of hydrogen-bond acceptors (Lipinski definition) is 3. The minimum Gasteiger partial charge on any atom is -0.399 e. The average Bonchev–Trinajstić information content (AvgIpc) is 2.35. The first-order chi connectivity index (χ1) is 8.58. The van der Waals surface area contributed by atoms with Crippen LogP contribution in [0.15, 0.2) is 36.7 Å². The molecule has 0 radical (unpaired) electrons. The van der Waals surface area contributed by atoms with Crippen LogP contribution in [0.5, 0.6) is 0 Å². The molecule has 4 nitrogen and oxygen atoms in total. The van der Waals surface area contributed by atoms with Crippen LogP contribution in [0.25, 0.3) is 0 Å².